The summed E-state index contributed by atoms with van der Waals surface area (Å²) in [5, 5.41) is 0. The maximum Gasteiger partial charge on any atom is 0.189 e. The Hall–Kier alpha value is -0.200. The Kier molecular flexibility index (Phi) is 3.04. The first-order chi connectivity index (χ1) is 6.76. The van der Waals surface area contributed by atoms with Gasteiger partial charge in [0.05, 0.1) is 6.61 Å². The molecule has 2 heterocycles. The summed E-state index contributed by atoms with van der Waals surface area (Å²) in [6, 6.07) is 0. The van der Waals surface area contributed by atoms with Crippen LogP contribution in [0.4, 0.5) is 0 Å². The zero-order valence-electron chi connectivity index (χ0n) is 8.64. The minimum absolute atomic E-state index is 0.0878. The van der Waals surface area contributed by atoms with E-state index in [1.165, 1.54) is 0 Å². The molecule has 0 radical (unpaired) electrons. The minimum atomic E-state index is -0.318. The first kappa shape index (κ1) is 10.3. The Bertz CT molecular complexity index is 192. The largest absolute Gasteiger partial charge is 0.376 e. The van der Waals surface area contributed by atoms with Gasteiger partial charge >= 0.3 is 0 Å². The summed E-state index contributed by atoms with van der Waals surface area (Å²) in [7, 11) is 3.28. The van der Waals surface area contributed by atoms with Crippen molar-refractivity contribution in [1.82, 2.24) is 0 Å². The molecule has 0 amide bonds. The molecular formula is C9H16O5. The lowest BCUT2D eigenvalue weighted by Gasteiger charge is -2.35. The van der Waals surface area contributed by atoms with E-state index in [0.717, 1.165) is 0 Å². The van der Waals surface area contributed by atoms with Crippen LogP contribution in [0.15, 0.2) is 0 Å². The lowest BCUT2D eigenvalue weighted by Crippen LogP contribution is -2.53. The highest BCUT2D eigenvalue weighted by molar-refractivity contribution is 4.88. The van der Waals surface area contributed by atoms with E-state index in [4.69, 9.17) is 23.7 Å². The number of rotatable bonds is 2. The Labute approximate surface area is 83.2 Å². The summed E-state index contributed by atoms with van der Waals surface area (Å²) in [6.45, 7) is 2.32. The number of hydrogen-bond acceptors (Lipinski definition) is 5. The summed E-state index contributed by atoms with van der Waals surface area (Å²) in [4.78, 5) is 0. The third-order valence-electron chi connectivity index (χ3n) is 2.63. The van der Waals surface area contributed by atoms with Crippen LogP contribution in [0.3, 0.4) is 0 Å². The van der Waals surface area contributed by atoms with Crippen LogP contribution in [0.1, 0.15) is 6.92 Å². The average Bonchev–Trinajstić information content (AvgIpc) is 2.56. The number of fused-ring (bicyclic) bond motifs is 1. The molecule has 0 bridgehead atoms. The van der Waals surface area contributed by atoms with Gasteiger partial charge in [-0.25, -0.2) is 0 Å². The summed E-state index contributed by atoms with van der Waals surface area (Å²) in [5.41, 5.74) is 0. The van der Waals surface area contributed by atoms with Gasteiger partial charge < -0.3 is 23.7 Å². The standard InChI is InChI=1S/C9H16O5/c1-5-13-8-7(11-3)6(10-2)4-12-9(8)14-5/h5-9H,4H2,1-3H3/t5-,6-,7+,8-,9+/m1/s1. The van der Waals surface area contributed by atoms with E-state index >= 15 is 0 Å². The molecule has 0 spiro atoms. The molecule has 2 rings (SSSR count). The van der Waals surface area contributed by atoms with Crippen molar-refractivity contribution in [3.8, 4) is 0 Å². The van der Waals surface area contributed by atoms with Crippen LogP contribution in [0.2, 0.25) is 0 Å². The monoisotopic (exact) mass is 204 g/mol. The van der Waals surface area contributed by atoms with Gasteiger partial charge in [0.15, 0.2) is 12.6 Å². The van der Waals surface area contributed by atoms with Crippen LogP contribution >= 0.6 is 0 Å². The van der Waals surface area contributed by atoms with Gasteiger partial charge in [-0.05, 0) is 6.92 Å². The number of methoxy groups -OCH3 is 2. The second-order valence-electron chi connectivity index (χ2n) is 3.48. The molecule has 0 unspecified atom stereocenters. The van der Waals surface area contributed by atoms with E-state index in [9.17, 15) is 0 Å². The summed E-state index contributed by atoms with van der Waals surface area (Å²) >= 11 is 0. The molecule has 0 aliphatic carbocycles. The zero-order chi connectivity index (χ0) is 10.1. The molecule has 0 saturated carbocycles. The fourth-order valence-corrected chi connectivity index (χ4v) is 1.93. The Balaban J connectivity index is 2.07. The van der Waals surface area contributed by atoms with Crippen LogP contribution in [-0.2, 0) is 23.7 Å². The van der Waals surface area contributed by atoms with Crippen molar-refractivity contribution in [3.05, 3.63) is 0 Å². The van der Waals surface area contributed by atoms with Crippen LogP contribution in [-0.4, -0.2) is 51.7 Å². The van der Waals surface area contributed by atoms with Crippen LogP contribution in [0.25, 0.3) is 0 Å². The number of ether oxygens (including phenoxy) is 5. The first-order valence-electron chi connectivity index (χ1n) is 4.74. The van der Waals surface area contributed by atoms with Crippen LogP contribution in [0, 0.1) is 0 Å². The third-order valence-corrected chi connectivity index (χ3v) is 2.63. The summed E-state index contributed by atoms with van der Waals surface area (Å²) in [6.07, 6.45) is -0.952. The molecule has 14 heavy (non-hydrogen) atoms. The zero-order valence-corrected chi connectivity index (χ0v) is 8.64. The molecule has 2 aliphatic heterocycles. The predicted molar refractivity (Wildman–Crippen MR) is 46.8 cm³/mol. The Morgan fingerprint density at radius 1 is 1.14 bits per heavy atom. The normalized spacial score (nSPS) is 47.8. The molecule has 82 valence electrons. The molecule has 2 fully saturated rings. The van der Waals surface area contributed by atoms with Gasteiger partial charge in [-0.1, -0.05) is 0 Å². The van der Waals surface area contributed by atoms with E-state index in [1.807, 2.05) is 6.92 Å². The van der Waals surface area contributed by atoms with Gasteiger partial charge in [0, 0.05) is 14.2 Å². The molecule has 0 aromatic heterocycles. The maximum absolute atomic E-state index is 5.55. The summed E-state index contributed by atoms with van der Waals surface area (Å²) < 4.78 is 27.0. The quantitative estimate of drug-likeness (QED) is 0.640. The van der Waals surface area contributed by atoms with Crippen molar-refractivity contribution in [1.29, 1.82) is 0 Å². The molecule has 0 N–H and O–H groups in total. The SMILES string of the molecule is CO[C@@H]1[C@H]2O[C@@H](C)O[C@@H]2OC[C@H]1OC. The highest BCUT2D eigenvalue weighted by Gasteiger charge is 2.47. The van der Waals surface area contributed by atoms with Crippen molar-refractivity contribution < 1.29 is 23.7 Å². The first-order valence-corrected chi connectivity index (χ1v) is 4.74. The topological polar surface area (TPSA) is 46.2 Å². The summed E-state index contributed by atoms with van der Waals surface area (Å²) in [5.74, 6) is 0. The average molecular weight is 204 g/mol. The lowest BCUT2D eigenvalue weighted by molar-refractivity contribution is -0.222. The molecular weight excluding hydrogens is 188 g/mol. The molecule has 5 nitrogen and oxygen atoms in total. The van der Waals surface area contributed by atoms with E-state index in [-0.39, 0.29) is 30.9 Å². The Morgan fingerprint density at radius 2 is 1.93 bits per heavy atom. The fourth-order valence-electron chi connectivity index (χ4n) is 1.93. The van der Waals surface area contributed by atoms with Crippen molar-refractivity contribution in [3.63, 3.8) is 0 Å². The van der Waals surface area contributed by atoms with Gasteiger partial charge in [0.1, 0.15) is 18.3 Å². The molecule has 5 heteroatoms. The van der Waals surface area contributed by atoms with E-state index in [2.05, 4.69) is 0 Å². The van der Waals surface area contributed by atoms with Gasteiger partial charge in [-0.3, -0.25) is 0 Å². The van der Waals surface area contributed by atoms with E-state index < -0.39 is 0 Å². The van der Waals surface area contributed by atoms with Crippen LogP contribution < -0.4 is 0 Å². The molecule has 2 saturated heterocycles. The van der Waals surface area contributed by atoms with Gasteiger partial charge in [0.2, 0.25) is 0 Å². The highest BCUT2D eigenvalue weighted by Crippen LogP contribution is 2.30. The molecule has 0 aromatic rings. The molecule has 0 aromatic carbocycles. The van der Waals surface area contributed by atoms with Gasteiger partial charge in [-0.2, -0.15) is 0 Å². The number of hydrogen-bond donors (Lipinski definition) is 0. The molecule has 2 aliphatic rings. The molecule has 5 atom stereocenters. The lowest BCUT2D eigenvalue weighted by atomic mass is 10.1. The Morgan fingerprint density at radius 3 is 2.57 bits per heavy atom. The van der Waals surface area contributed by atoms with Gasteiger partial charge in [0.25, 0.3) is 0 Å². The van der Waals surface area contributed by atoms with E-state index in [0.29, 0.717) is 6.61 Å². The second-order valence-corrected chi connectivity index (χ2v) is 3.48. The van der Waals surface area contributed by atoms with Crippen molar-refractivity contribution in [2.24, 2.45) is 0 Å². The maximum atomic E-state index is 5.55. The predicted octanol–water partition coefficient (Wildman–Crippen LogP) is 0.134. The van der Waals surface area contributed by atoms with Crippen molar-refractivity contribution in [2.75, 3.05) is 20.8 Å². The second kappa shape index (κ2) is 4.12. The fraction of sp³-hybridized carbons (Fsp3) is 1.00. The van der Waals surface area contributed by atoms with Crippen LogP contribution in [0.5, 0.6) is 0 Å². The van der Waals surface area contributed by atoms with Crippen molar-refractivity contribution >= 4 is 0 Å². The highest BCUT2D eigenvalue weighted by atomic mass is 16.8. The third kappa shape index (κ3) is 1.66. The van der Waals surface area contributed by atoms with E-state index in [1.54, 1.807) is 14.2 Å². The van der Waals surface area contributed by atoms with Gasteiger partial charge in [-0.15, -0.1) is 0 Å². The van der Waals surface area contributed by atoms with Crippen molar-refractivity contribution in [2.45, 2.75) is 37.8 Å². The minimum Gasteiger partial charge on any atom is -0.376 e. The smallest absolute Gasteiger partial charge is 0.189 e.